The van der Waals surface area contributed by atoms with Crippen LogP contribution in [0.1, 0.15) is 28.8 Å². The van der Waals surface area contributed by atoms with Crippen molar-refractivity contribution in [2.45, 2.75) is 24.2 Å². The number of nitrogens with one attached hydrogen (secondary N) is 1. The third kappa shape index (κ3) is 5.22. The maximum atomic E-state index is 14.3. The van der Waals surface area contributed by atoms with Gasteiger partial charge in [-0.15, -0.1) is 0 Å². The van der Waals surface area contributed by atoms with E-state index in [0.717, 1.165) is 12.1 Å². The maximum Gasteiger partial charge on any atom is 0.276 e. The number of hydrogen-bond donors (Lipinski definition) is 1. The van der Waals surface area contributed by atoms with Gasteiger partial charge in [0.05, 0.1) is 25.2 Å². The fraction of sp³-hybridized carbons (Fsp3) is 0.381. The van der Waals surface area contributed by atoms with E-state index in [1.165, 1.54) is 36.7 Å². The predicted molar refractivity (Wildman–Crippen MR) is 117 cm³/mol. The molecule has 0 aromatic heterocycles. The highest BCUT2D eigenvalue weighted by Crippen LogP contribution is 2.34. The van der Waals surface area contributed by atoms with E-state index in [2.05, 4.69) is 5.32 Å². The maximum absolute atomic E-state index is 14.3. The number of carbonyl (C=O) groups is 1. The second-order valence-corrected chi connectivity index (χ2v) is 9.26. The Morgan fingerprint density at radius 3 is 2.39 bits per heavy atom. The Bertz CT molecular complexity index is 1160. The first-order valence-corrected chi connectivity index (χ1v) is 11.6. The molecule has 3 rings (SSSR count). The van der Waals surface area contributed by atoms with Crippen molar-refractivity contribution in [3.63, 3.8) is 0 Å². The number of ether oxygens (including phenoxy) is 2. The Morgan fingerprint density at radius 1 is 1.15 bits per heavy atom. The quantitative estimate of drug-likeness (QED) is 0.430. The molecule has 0 aliphatic carbocycles. The van der Waals surface area contributed by atoms with E-state index < -0.39 is 31.6 Å². The van der Waals surface area contributed by atoms with Crippen LogP contribution in [0.5, 0.6) is 11.5 Å². The summed E-state index contributed by atoms with van der Waals surface area (Å²) in [4.78, 5) is 22.9. The van der Waals surface area contributed by atoms with Crippen molar-refractivity contribution in [3.05, 3.63) is 57.4 Å². The molecule has 1 heterocycles. The van der Waals surface area contributed by atoms with Gasteiger partial charge in [-0.25, -0.2) is 12.8 Å². The predicted octanol–water partition coefficient (Wildman–Crippen LogP) is 2.51. The third-order valence-electron chi connectivity index (χ3n) is 5.34. The average Bonchev–Trinajstić information content (AvgIpc) is 3.34. The van der Waals surface area contributed by atoms with Gasteiger partial charge in [0.15, 0.2) is 11.5 Å². The molecule has 0 atom stereocenters. The molecule has 0 bridgehead atoms. The minimum Gasteiger partial charge on any atom is -0.493 e. The number of carbonyl (C=O) groups excluding carboxylic acids is 1. The lowest BCUT2D eigenvalue weighted by atomic mass is 10.1. The minimum absolute atomic E-state index is 0.0146. The van der Waals surface area contributed by atoms with Crippen molar-refractivity contribution in [3.8, 4) is 11.5 Å². The highest BCUT2D eigenvalue weighted by molar-refractivity contribution is 7.89. The SMILES string of the molecule is COc1cc(CCNC(=O)c2ccc(F)c(S(=O)(=O)N3CCCC3)c2)c([N+](=O)[O-])cc1OC. The van der Waals surface area contributed by atoms with Crippen LogP contribution in [-0.2, 0) is 16.4 Å². The minimum atomic E-state index is -4.04. The molecule has 10 nitrogen and oxygen atoms in total. The van der Waals surface area contributed by atoms with E-state index >= 15 is 0 Å². The van der Waals surface area contributed by atoms with Gasteiger partial charge in [-0.1, -0.05) is 0 Å². The number of halogens is 1. The fourth-order valence-corrected chi connectivity index (χ4v) is 5.21. The summed E-state index contributed by atoms with van der Waals surface area (Å²) in [6, 6.07) is 5.84. The van der Waals surface area contributed by atoms with Crippen molar-refractivity contribution >= 4 is 21.6 Å². The van der Waals surface area contributed by atoms with Crippen LogP contribution in [0.4, 0.5) is 10.1 Å². The number of nitro benzene ring substituents is 1. The molecule has 1 aliphatic heterocycles. The molecule has 0 radical (unpaired) electrons. The Labute approximate surface area is 190 Å². The monoisotopic (exact) mass is 481 g/mol. The van der Waals surface area contributed by atoms with Crippen LogP contribution in [0.15, 0.2) is 35.2 Å². The van der Waals surface area contributed by atoms with Crippen molar-refractivity contribution in [1.82, 2.24) is 9.62 Å². The second-order valence-electron chi connectivity index (χ2n) is 7.36. The van der Waals surface area contributed by atoms with Crippen LogP contribution in [-0.4, -0.2) is 57.4 Å². The second kappa shape index (κ2) is 10.1. The summed E-state index contributed by atoms with van der Waals surface area (Å²) in [6.07, 6.45) is 1.50. The van der Waals surface area contributed by atoms with Gasteiger partial charge in [-0.3, -0.25) is 14.9 Å². The molecule has 1 fully saturated rings. The molecule has 178 valence electrons. The summed E-state index contributed by atoms with van der Waals surface area (Å²) in [7, 11) is -1.28. The van der Waals surface area contributed by atoms with Crippen molar-refractivity contribution in [2.75, 3.05) is 33.9 Å². The molecular formula is C21H24FN3O7S. The van der Waals surface area contributed by atoms with E-state index in [1.54, 1.807) is 0 Å². The Morgan fingerprint density at radius 2 is 1.79 bits per heavy atom. The lowest BCUT2D eigenvalue weighted by Gasteiger charge is -2.16. The average molecular weight is 482 g/mol. The lowest BCUT2D eigenvalue weighted by Crippen LogP contribution is -2.30. The Hall–Kier alpha value is -3.25. The van der Waals surface area contributed by atoms with E-state index in [4.69, 9.17) is 9.47 Å². The number of hydrogen-bond acceptors (Lipinski definition) is 7. The van der Waals surface area contributed by atoms with E-state index in [-0.39, 0.29) is 30.0 Å². The van der Waals surface area contributed by atoms with Gasteiger partial charge in [0.25, 0.3) is 11.6 Å². The van der Waals surface area contributed by atoms with Crippen molar-refractivity contribution < 1.29 is 32.0 Å². The number of nitrogens with zero attached hydrogens (tertiary/aromatic N) is 2. The van der Waals surface area contributed by atoms with Gasteiger partial charge in [0.1, 0.15) is 10.7 Å². The molecule has 1 amide bonds. The van der Waals surface area contributed by atoms with E-state index in [9.17, 15) is 27.7 Å². The summed E-state index contributed by atoms with van der Waals surface area (Å²) in [6.45, 7) is 0.630. The summed E-state index contributed by atoms with van der Waals surface area (Å²) in [5.41, 5.74) is 0.0908. The number of amides is 1. The zero-order valence-electron chi connectivity index (χ0n) is 18.2. The van der Waals surface area contributed by atoms with Crippen LogP contribution in [0, 0.1) is 15.9 Å². The lowest BCUT2D eigenvalue weighted by molar-refractivity contribution is -0.385. The molecule has 1 saturated heterocycles. The first kappa shape index (κ1) is 24.4. The normalized spacial score (nSPS) is 14.2. The molecule has 1 aliphatic rings. The smallest absolute Gasteiger partial charge is 0.276 e. The molecule has 0 spiro atoms. The van der Waals surface area contributed by atoms with Gasteiger partial charge >= 0.3 is 0 Å². The van der Waals surface area contributed by atoms with Crippen LogP contribution in [0.3, 0.4) is 0 Å². The molecule has 1 N–H and O–H groups in total. The summed E-state index contributed by atoms with van der Waals surface area (Å²) >= 11 is 0. The molecule has 12 heteroatoms. The molecule has 0 saturated carbocycles. The van der Waals surface area contributed by atoms with E-state index in [1.807, 2.05) is 0 Å². The van der Waals surface area contributed by atoms with Crippen LogP contribution >= 0.6 is 0 Å². The third-order valence-corrected chi connectivity index (χ3v) is 7.25. The largest absolute Gasteiger partial charge is 0.493 e. The number of methoxy groups -OCH3 is 2. The van der Waals surface area contributed by atoms with Gasteiger partial charge in [-0.2, -0.15) is 4.31 Å². The zero-order chi connectivity index (χ0) is 24.2. The summed E-state index contributed by atoms with van der Waals surface area (Å²) in [5, 5.41) is 14.0. The number of nitro groups is 1. The zero-order valence-corrected chi connectivity index (χ0v) is 19.0. The molecule has 2 aromatic carbocycles. The van der Waals surface area contributed by atoms with Crippen molar-refractivity contribution in [1.29, 1.82) is 0 Å². The standard InChI is InChI=1S/C21H24FN3O7S/c1-31-18-11-14(17(25(27)28)13-19(18)32-2)7-8-23-21(26)15-5-6-16(22)20(12-15)33(29,30)24-9-3-4-10-24/h5-6,11-13H,3-4,7-10H2,1-2H3,(H,23,26). The Kier molecular flexibility index (Phi) is 7.49. The van der Waals surface area contributed by atoms with Gasteiger partial charge in [0.2, 0.25) is 10.0 Å². The Balaban J connectivity index is 1.75. The number of rotatable bonds is 9. The van der Waals surface area contributed by atoms with Crippen LogP contribution in [0.25, 0.3) is 0 Å². The molecule has 0 unspecified atom stereocenters. The molecular weight excluding hydrogens is 457 g/mol. The summed E-state index contributed by atoms with van der Waals surface area (Å²) < 4.78 is 51.2. The van der Waals surface area contributed by atoms with Gasteiger partial charge < -0.3 is 14.8 Å². The highest BCUT2D eigenvalue weighted by Gasteiger charge is 2.30. The van der Waals surface area contributed by atoms with Crippen LogP contribution < -0.4 is 14.8 Å². The first-order chi connectivity index (χ1) is 15.7. The fourth-order valence-electron chi connectivity index (χ4n) is 3.60. The number of sulfonamides is 1. The van der Waals surface area contributed by atoms with Gasteiger partial charge in [0, 0.05) is 30.8 Å². The van der Waals surface area contributed by atoms with Gasteiger partial charge in [-0.05, 0) is 43.5 Å². The van der Waals surface area contributed by atoms with Crippen molar-refractivity contribution in [2.24, 2.45) is 0 Å². The summed E-state index contributed by atoms with van der Waals surface area (Å²) in [5.74, 6) is -1.05. The molecule has 33 heavy (non-hydrogen) atoms. The van der Waals surface area contributed by atoms with E-state index in [0.29, 0.717) is 37.2 Å². The van der Waals surface area contributed by atoms with Crippen LogP contribution in [0.2, 0.25) is 0 Å². The molecule has 2 aromatic rings. The number of benzene rings is 2. The topological polar surface area (TPSA) is 128 Å². The highest BCUT2D eigenvalue weighted by atomic mass is 32.2. The first-order valence-electron chi connectivity index (χ1n) is 10.2.